The van der Waals surface area contributed by atoms with Gasteiger partial charge < -0.3 is 10.3 Å². The highest BCUT2D eigenvalue weighted by atomic mass is 16.5. The molecule has 1 aromatic heterocycles. The van der Waals surface area contributed by atoms with Gasteiger partial charge in [0, 0.05) is 6.54 Å². The molecule has 0 radical (unpaired) electrons. The van der Waals surface area contributed by atoms with Crippen LogP contribution in [0.15, 0.2) is 4.52 Å². The Labute approximate surface area is 114 Å². The molecule has 1 unspecified atom stereocenters. The fourth-order valence-electron chi connectivity index (χ4n) is 5.51. The van der Waals surface area contributed by atoms with E-state index in [0.29, 0.717) is 12.5 Å². The molecule has 0 aromatic carbocycles. The van der Waals surface area contributed by atoms with Crippen molar-refractivity contribution in [3.05, 3.63) is 11.7 Å². The Hall–Kier alpha value is -0.900. The van der Waals surface area contributed by atoms with E-state index in [9.17, 15) is 0 Å². The highest BCUT2D eigenvalue weighted by molar-refractivity contribution is 5.07. The maximum Gasteiger partial charge on any atom is 0.231 e. The lowest BCUT2D eigenvalue weighted by molar-refractivity contribution is -0.0503. The maximum atomic E-state index is 6.07. The molecule has 1 atom stereocenters. The predicted molar refractivity (Wildman–Crippen MR) is 71.4 cm³/mol. The first-order chi connectivity index (χ1) is 9.24. The third-order valence-corrected chi connectivity index (χ3v) is 5.88. The van der Waals surface area contributed by atoms with Crippen molar-refractivity contribution < 1.29 is 4.52 Å². The second-order valence-electron chi connectivity index (χ2n) is 7.03. The largest absolute Gasteiger partial charge is 0.339 e. The third kappa shape index (κ3) is 1.83. The van der Waals surface area contributed by atoms with Gasteiger partial charge in [-0.2, -0.15) is 4.98 Å². The van der Waals surface area contributed by atoms with Crippen molar-refractivity contribution in [2.45, 2.75) is 44.9 Å². The number of aromatic nitrogens is 2. The fraction of sp³-hybridized carbons (Fsp3) is 0.867. The van der Waals surface area contributed by atoms with Crippen molar-refractivity contribution in [1.29, 1.82) is 0 Å². The summed E-state index contributed by atoms with van der Waals surface area (Å²) in [4.78, 5) is 4.46. The smallest absolute Gasteiger partial charge is 0.231 e. The Kier molecular flexibility index (Phi) is 2.69. The summed E-state index contributed by atoms with van der Waals surface area (Å²) in [5.74, 6) is 6.22. The molecule has 2 N–H and O–H groups in total. The highest BCUT2D eigenvalue weighted by Gasteiger charge is 2.51. The summed E-state index contributed by atoms with van der Waals surface area (Å²) in [5, 5.41) is 3.96. The van der Waals surface area contributed by atoms with Crippen molar-refractivity contribution in [3.8, 4) is 0 Å². The summed E-state index contributed by atoms with van der Waals surface area (Å²) in [5.41, 5.74) is 6.07. The van der Waals surface area contributed by atoms with Gasteiger partial charge in [-0.3, -0.25) is 0 Å². The zero-order valence-corrected chi connectivity index (χ0v) is 11.6. The van der Waals surface area contributed by atoms with Gasteiger partial charge in [0.2, 0.25) is 5.89 Å². The van der Waals surface area contributed by atoms with Crippen LogP contribution >= 0.6 is 0 Å². The quantitative estimate of drug-likeness (QED) is 0.908. The number of rotatable bonds is 3. The minimum Gasteiger partial charge on any atom is -0.339 e. The summed E-state index contributed by atoms with van der Waals surface area (Å²) in [6.07, 6.45) is 7.16. The highest BCUT2D eigenvalue weighted by Crippen LogP contribution is 2.59. The van der Waals surface area contributed by atoms with Crippen molar-refractivity contribution in [1.82, 2.24) is 10.1 Å². The number of hydrogen-bond acceptors (Lipinski definition) is 4. The fourth-order valence-corrected chi connectivity index (χ4v) is 5.51. The molecule has 4 aliphatic rings. The van der Waals surface area contributed by atoms with Gasteiger partial charge in [-0.25, -0.2) is 0 Å². The van der Waals surface area contributed by atoms with Crippen LogP contribution in [0.25, 0.3) is 0 Å². The van der Waals surface area contributed by atoms with E-state index in [4.69, 9.17) is 10.3 Å². The average Bonchev–Trinajstić information content (AvgIpc) is 2.79. The molecule has 0 amide bonds. The van der Waals surface area contributed by atoms with Gasteiger partial charge >= 0.3 is 0 Å². The van der Waals surface area contributed by atoms with Crippen LogP contribution in [-0.2, 0) is 0 Å². The molecule has 0 aliphatic heterocycles. The van der Waals surface area contributed by atoms with Crippen LogP contribution in [0.5, 0.6) is 0 Å². The molecule has 104 valence electrons. The molecule has 5 rings (SSSR count). The standard InChI is InChI=1S/C15H23N3O/c1-8-17-15(19-18-8)13(7-16)14-11-3-9-2-10(5-11)6-12(14)4-9/h9-14H,2-7,16H2,1H3. The first-order valence-corrected chi connectivity index (χ1v) is 7.75. The second-order valence-corrected chi connectivity index (χ2v) is 7.03. The van der Waals surface area contributed by atoms with E-state index in [0.717, 1.165) is 35.4 Å². The molecule has 19 heavy (non-hydrogen) atoms. The normalized spacial score (nSPS) is 41.7. The van der Waals surface area contributed by atoms with Gasteiger partial charge in [-0.05, 0) is 68.6 Å². The lowest BCUT2D eigenvalue weighted by Crippen LogP contribution is -2.48. The van der Waals surface area contributed by atoms with Crippen LogP contribution < -0.4 is 5.73 Å². The average molecular weight is 261 g/mol. The van der Waals surface area contributed by atoms with Gasteiger partial charge in [-0.1, -0.05) is 5.16 Å². The Bertz CT molecular complexity index is 442. The van der Waals surface area contributed by atoms with Gasteiger partial charge in [0.25, 0.3) is 0 Å². The van der Waals surface area contributed by atoms with Crippen molar-refractivity contribution in [3.63, 3.8) is 0 Å². The molecular weight excluding hydrogens is 238 g/mol. The molecule has 1 heterocycles. The van der Waals surface area contributed by atoms with E-state index in [1.165, 1.54) is 32.1 Å². The monoisotopic (exact) mass is 261 g/mol. The van der Waals surface area contributed by atoms with Crippen LogP contribution in [0, 0.1) is 36.5 Å². The van der Waals surface area contributed by atoms with Gasteiger partial charge in [0.15, 0.2) is 5.82 Å². The molecule has 4 fully saturated rings. The topological polar surface area (TPSA) is 64.9 Å². The van der Waals surface area contributed by atoms with Crippen LogP contribution in [0.4, 0.5) is 0 Å². The van der Waals surface area contributed by atoms with Gasteiger partial charge in [0.1, 0.15) is 0 Å². The summed E-state index contributed by atoms with van der Waals surface area (Å²) in [6, 6.07) is 0. The van der Waals surface area contributed by atoms with Crippen molar-refractivity contribution in [2.24, 2.45) is 35.3 Å². The molecule has 4 bridgehead atoms. The van der Waals surface area contributed by atoms with Crippen molar-refractivity contribution >= 4 is 0 Å². The molecule has 4 saturated carbocycles. The van der Waals surface area contributed by atoms with E-state index in [2.05, 4.69) is 10.1 Å². The Morgan fingerprint density at radius 1 is 1.16 bits per heavy atom. The van der Waals surface area contributed by atoms with Gasteiger partial charge in [-0.15, -0.1) is 0 Å². The first kappa shape index (κ1) is 11.9. The predicted octanol–water partition coefficient (Wildman–Crippen LogP) is 2.49. The zero-order chi connectivity index (χ0) is 13.0. The number of nitrogens with zero attached hydrogens (tertiary/aromatic N) is 2. The minimum absolute atomic E-state index is 0.288. The molecule has 0 spiro atoms. The zero-order valence-electron chi connectivity index (χ0n) is 11.6. The first-order valence-electron chi connectivity index (χ1n) is 7.75. The number of hydrogen-bond donors (Lipinski definition) is 1. The molecule has 1 aromatic rings. The van der Waals surface area contributed by atoms with E-state index in [1.54, 1.807) is 0 Å². The maximum absolute atomic E-state index is 6.07. The molecule has 0 saturated heterocycles. The van der Waals surface area contributed by atoms with E-state index in [1.807, 2.05) is 6.92 Å². The Morgan fingerprint density at radius 3 is 2.26 bits per heavy atom. The second kappa shape index (κ2) is 4.30. The van der Waals surface area contributed by atoms with Crippen LogP contribution in [0.2, 0.25) is 0 Å². The van der Waals surface area contributed by atoms with E-state index >= 15 is 0 Å². The lowest BCUT2D eigenvalue weighted by atomic mass is 9.49. The lowest BCUT2D eigenvalue weighted by Gasteiger charge is -2.55. The van der Waals surface area contributed by atoms with Crippen LogP contribution in [0.3, 0.4) is 0 Å². The van der Waals surface area contributed by atoms with E-state index in [-0.39, 0.29) is 5.92 Å². The SMILES string of the molecule is Cc1noc(C(CN)C2C3CC4CC(C3)CC2C4)n1. The van der Waals surface area contributed by atoms with E-state index < -0.39 is 0 Å². The summed E-state index contributed by atoms with van der Waals surface area (Å²) in [6.45, 7) is 2.53. The third-order valence-electron chi connectivity index (χ3n) is 5.88. The Morgan fingerprint density at radius 2 is 1.79 bits per heavy atom. The molecule has 4 aliphatic carbocycles. The number of nitrogens with two attached hydrogens (primary N) is 1. The van der Waals surface area contributed by atoms with Crippen LogP contribution in [-0.4, -0.2) is 16.7 Å². The minimum atomic E-state index is 0.288. The summed E-state index contributed by atoms with van der Waals surface area (Å²) in [7, 11) is 0. The van der Waals surface area contributed by atoms with Crippen LogP contribution in [0.1, 0.15) is 49.7 Å². The summed E-state index contributed by atoms with van der Waals surface area (Å²) >= 11 is 0. The molecule has 4 heteroatoms. The van der Waals surface area contributed by atoms with Gasteiger partial charge in [0.05, 0.1) is 5.92 Å². The summed E-state index contributed by atoms with van der Waals surface area (Å²) < 4.78 is 5.43. The molecule has 4 nitrogen and oxygen atoms in total. The Balaban J connectivity index is 1.63. The van der Waals surface area contributed by atoms with Crippen molar-refractivity contribution in [2.75, 3.05) is 6.54 Å². The molecular formula is C15H23N3O. The number of aryl methyl sites for hydroxylation is 1.